The third-order valence-corrected chi connectivity index (χ3v) is 5.59. The van der Waals surface area contributed by atoms with Crippen molar-refractivity contribution in [1.29, 1.82) is 0 Å². The lowest BCUT2D eigenvalue weighted by molar-refractivity contribution is -0.0494. The Morgan fingerprint density at radius 1 is 1.37 bits per heavy atom. The van der Waals surface area contributed by atoms with E-state index in [2.05, 4.69) is 25.7 Å². The summed E-state index contributed by atoms with van der Waals surface area (Å²) in [4.78, 5) is 8.44. The van der Waals surface area contributed by atoms with E-state index >= 15 is 0 Å². The highest BCUT2D eigenvalue weighted by atomic mass is 127. The second-order valence-corrected chi connectivity index (χ2v) is 7.69. The van der Waals surface area contributed by atoms with E-state index < -0.39 is 15.5 Å². The van der Waals surface area contributed by atoms with Crippen molar-refractivity contribution in [3.63, 3.8) is 0 Å². The molecule has 1 aromatic heterocycles. The second kappa shape index (κ2) is 9.86. The number of rotatable bonds is 5. The van der Waals surface area contributed by atoms with Gasteiger partial charge in [-0.15, -0.1) is 24.0 Å². The minimum Gasteiger partial charge on any atom is -0.357 e. The zero-order valence-electron chi connectivity index (χ0n) is 14.9. The summed E-state index contributed by atoms with van der Waals surface area (Å²) in [5.74, 6) is 1.15. The Kier molecular flexibility index (Phi) is 8.72. The molecular formula is C13H23F3IN7O2S. The molecule has 156 valence electrons. The number of sulfonamides is 1. The van der Waals surface area contributed by atoms with Crippen LogP contribution in [0.25, 0.3) is 0 Å². The maximum Gasteiger partial charge on any atom is 0.511 e. The molecule has 2 N–H and O–H groups in total. The molecule has 2 rings (SSSR count). The van der Waals surface area contributed by atoms with Gasteiger partial charge in [-0.25, -0.2) is 18.4 Å². The smallest absolute Gasteiger partial charge is 0.357 e. The van der Waals surface area contributed by atoms with Crippen molar-refractivity contribution < 1.29 is 21.6 Å². The summed E-state index contributed by atoms with van der Waals surface area (Å²) in [5, 5.41) is 10.1. The van der Waals surface area contributed by atoms with Gasteiger partial charge in [0.15, 0.2) is 5.96 Å². The van der Waals surface area contributed by atoms with Crippen LogP contribution in [0.3, 0.4) is 0 Å². The van der Waals surface area contributed by atoms with E-state index in [0.717, 1.165) is 0 Å². The van der Waals surface area contributed by atoms with Crippen LogP contribution in [0.2, 0.25) is 0 Å². The molecular weight excluding hydrogens is 502 g/mol. The molecule has 1 aliphatic heterocycles. The van der Waals surface area contributed by atoms with Crippen molar-refractivity contribution in [2.45, 2.75) is 37.9 Å². The Hall–Kier alpha value is -1.16. The van der Waals surface area contributed by atoms with Gasteiger partial charge in [0.25, 0.3) is 0 Å². The third kappa shape index (κ3) is 6.17. The lowest BCUT2D eigenvalue weighted by Crippen LogP contribution is -2.51. The van der Waals surface area contributed by atoms with Gasteiger partial charge < -0.3 is 10.6 Å². The highest BCUT2D eigenvalue weighted by Crippen LogP contribution is 2.28. The lowest BCUT2D eigenvalue weighted by Gasteiger charge is -2.32. The van der Waals surface area contributed by atoms with E-state index in [1.165, 1.54) is 6.33 Å². The SMILES string of the molecule is CCNC(=NCc1ncnn1C)NC1CCN(S(=O)(=O)C(F)(F)F)CC1.I. The van der Waals surface area contributed by atoms with Crippen molar-refractivity contribution >= 4 is 40.0 Å². The average molecular weight is 525 g/mol. The largest absolute Gasteiger partial charge is 0.511 e. The van der Waals surface area contributed by atoms with Crippen LogP contribution in [0.1, 0.15) is 25.6 Å². The van der Waals surface area contributed by atoms with Crippen LogP contribution in [-0.2, 0) is 23.6 Å². The van der Waals surface area contributed by atoms with Gasteiger partial charge in [0.1, 0.15) is 18.7 Å². The molecule has 9 nitrogen and oxygen atoms in total. The summed E-state index contributed by atoms with van der Waals surface area (Å²) in [7, 11) is -3.52. The molecule has 1 fully saturated rings. The Morgan fingerprint density at radius 3 is 2.48 bits per heavy atom. The summed E-state index contributed by atoms with van der Waals surface area (Å²) < 4.78 is 62.8. The molecule has 0 saturated carbocycles. The molecule has 0 aliphatic carbocycles. The van der Waals surface area contributed by atoms with E-state index in [1.54, 1.807) is 11.7 Å². The lowest BCUT2D eigenvalue weighted by atomic mass is 10.1. The Bertz CT molecular complexity index is 731. The first-order valence-corrected chi connectivity index (χ1v) is 9.53. The van der Waals surface area contributed by atoms with Gasteiger partial charge >= 0.3 is 15.5 Å². The molecule has 2 heterocycles. The highest BCUT2D eigenvalue weighted by Gasteiger charge is 2.50. The molecule has 0 atom stereocenters. The quantitative estimate of drug-likeness (QED) is 0.335. The molecule has 1 saturated heterocycles. The van der Waals surface area contributed by atoms with Gasteiger partial charge in [0.05, 0.1) is 0 Å². The first kappa shape index (κ1) is 23.9. The maximum atomic E-state index is 12.6. The Balaban J connectivity index is 0.00000364. The molecule has 0 aromatic carbocycles. The monoisotopic (exact) mass is 525 g/mol. The zero-order valence-corrected chi connectivity index (χ0v) is 18.0. The zero-order chi connectivity index (χ0) is 19.4. The summed E-state index contributed by atoms with van der Waals surface area (Å²) in [5.41, 5.74) is -5.26. The molecule has 27 heavy (non-hydrogen) atoms. The molecule has 0 radical (unpaired) electrons. The fourth-order valence-corrected chi connectivity index (χ4v) is 3.50. The minimum absolute atomic E-state index is 0. The van der Waals surface area contributed by atoms with Gasteiger partial charge in [-0.05, 0) is 19.8 Å². The number of hydrogen-bond donors (Lipinski definition) is 2. The summed E-state index contributed by atoms with van der Waals surface area (Å²) in [6.45, 7) is 2.39. The molecule has 1 aromatic rings. The van der Waals surface area contributed by atoms with Crippen LogP contribution in [0.15, 0.2) is 11.3 Å². The fraction of sp³-hybridized carbons (Fsp3) is 0.769. The fourth-order valence-electron chi connectivity index (χ4n) is 2.51. The van der Waals surface area contributed by atoms with Crippen LogP contribution in [0.5, 0.6) is 0 Å². The number of alkyl halides is 3. The Morgan fingerprint density at radius 2 is 2.00 bits per heavy atom. The average Bonchev–Trinajstić information content (AvgIpc) is 2.97. The topological polar surface area (TPSA) is 105 Å². The number of hydrogen-bond acceptors (Lipinski definition) is 5. The van der Waals surface area contributed by atoms with E-state index in [0.29, 0.717) is 22.6 Å². The summed E-state index contributed by atoms with van der Waals surface area (Å²) in [6.07, 6.45) is 1.93. The standard InChI is InChI=1S/C13H22F3N7O2S.HI/c1-3-17-12(18-8-11-19-9-20-22(11)2)21-10-4-6-23(7-5-10)26(24,25)13(14,15)16;/h9-10H,3-8H2,1-2H3,(H2,17,18,21);1H. The first-order chi connectivity index (χ1) is 12.1. The molecule has 0 bridgehead atoms. The second-order valence-electron chi connectivity index (χ2n) is 5.76. The number of aromatic nitrogens is 3. The number of guanidine groups is 1. The van der Waals surface area contributed by atoms with Crippen molar-refractivity contribution in [1.82, 2.24) is 29.7 Å². The van der Waals surface area contributed by atoms with Gasteiger partial charge in [0, 0.05) is 32.7 Å². The third-order valence-electron chi connectivity index (χ3n) is 3.96. The number of piperidine rings is 1. The molecule has 0 unspecified atom stereocenters. The molecule has 14 heteroatoms. The molecule has 0 amide bonds. The summed E-state index contributed by atoms with van der Waals surface area (Å²) >= 11 is 0. The van der Waals surface area contributed by atoms with Gasteiger partial charge in [-0.1, -0.05) is 0 Å². The van der Waals surface area contributed by atoms with E-state index in [-0.39, 0.29) is 62.5 Å². The van der Waals surface area contributed by atoms with Crippen LogP contribution in [0, 0.1) is 0 Å². The number of aliphatic imine (C=N–C) groups is 1. The predicted molar refractivity (Wildman–Crippen MR) is 104 cm³/mol. The number of halogens is 4. The van der Waals surface area contributed by atoms with Crippen LogP contribution < -0.4 is 10.6 Å². The number of nitrogens with one attached hydrogen (secondary N) is 2. The maximum absolute atomic E-state index is 12.6. The van der Waals surface area contributed by atoms with Gasteiger partial charge in [-0.2, -0.15) is 22.6 Å². The Labute approximate surface area is 172 Å². The van der Waals surface area contributed by atoms with Crippen molar-refractivity contribution in [2.24, 2.45) is 12.0 Å². The normalized spacial score (nSPS) is 17.4. The molecule has 1 aliphatic rings. The van der Waals surface area contributed by atoms with E-state index in [9.17, 15) is 21.6 Å². The number of nitrogens with zero attached hydrogens (tertiary/aromatic N) is 5. The van der Waals surface area contributed by atoms with Crippen molar-refractivity contribution in [3.05, 3.63) is 12.2 Å². The van der Waals surface area contributed by atoms with Crippen molar-refractivity contribution in [3.8, 4) is 0 Å². The number of aryl methyl sites for hydroxylation is 1. The van der Waals surface area contributed by atoms with Crippen LogP contribution >= 0.6 is 24.0 Å². The molecule has 0 spiro atoms. The first-order valence-electron chi connectivity index (χ1n) is 8.09. The van der Waals surface area contributed by atoms with Crippen LogP contribution in [-0.4, -0.2) is 64.6 Å². The predicted octanol–water partition coefficient (Wildman–Crippen LogP) is 0.802. The highest BCUT2D eigenvalue weighted by molar-refractivity contribution is 14.0. The van der Waals surface area contributed by atoms with E-state index in [4.69, 9.17) is 0 Å². The van der Waals surface area contributed by atoms with Gasteiger partial charge in [-0.3, -0.25) is 4.68 Å². The van der Waals surface area contributed by atoms with E-state index in [1.807, 2.05) is 6.92 Å². The van der Waals surface area contributed by atoms with Crippen molar-refractivity contribution in [2.75, 3.05) is 19.6 Å². The minimum atomic E-state index is -5.26. The van der Waals surface area contributed by atoms with Gasteiger partial charge in [0.2, 0.25) is 0 Å². The summed E-state index contributed by atoms with van der Waals surface area (Å²) in [6, 6.07) is -0.174. The van der Waals surface area contributed by atoms with Crippen LogP contribution in [0.4, 0.5) is 13.2 Å².